The average Bonchev–Trinajstić information content (AvgIpc) is 3.33. The Bertz CT molecular complexity index is 1350. The van der Waals surface area contributed by atoms with Crippen LogP contribution in [0, 0.1) is 10.1 Å². The molecule has 204 valence electrons. The van der Waals surface area contributed by atoms with Crippen molar-refractivity contribution in [2.75, 3.05) is 19.6 Å². The van der Waals surface area contributed by atoms with E-state index >= 15 is 0 Å². The van der Waals surface area contributed by atoms with Crippen molar-refractivity contribution in [2.45, 2.75) is 33.6 Å². The number of nitrogens with zero attached hydrogens (tertiary/aromatic N) is 4. The molecule has 0 aliphatic carbocycles. The zero-order valence-electron chi connectivity index (χ0n) is 21.4. The van der Waals surface area contributed by atoms with Gasteiger partial charge in [0.1, 0.15) is 10.7 Å². The van der Waals surface area contributed by atoms with Gasteiger partial charge in [0.15, 0.2) is 0 Å². The van der Waals surface area contributed by atoms with Gasteiger partial charge in [0, 0.05) is 11.1 Å². The Labute approximate surface area is 219 Å². The predicted molar refractivity (Wildman–Crippen MR) is 145 cm³/mol. The number of aliphatic imine (C=N–C) groups is 1. The highest BCUT2D eigenvalue weighted by Gasteiger charge is 2.13. The fraction of sp³-hybridized carbons (Fsp3) is 0.320. The van der Waals surface area contributed by atoms with E-state index in [4.69, 9.17) is 23.7 Å². The van der Waals surface area contributed by atoms with Crippen LogP contribution in [0.5, 0.6) is 0 Å². The van der Waals surface area contributed by atoms with Crippen LogP contribution in [0.15, 0.2) is 51.9 Å². The number of amides is 1. The summed E-state index contributed by atoms with van der Waals surface area (Å²) in [6, 6.07) is 11.9. The Morgan fingerprint density at radius 1 is 1.16 bits per heavy atom. The third-order valence-corrected chi connectivity index (χ3v) is 5.38. The van der Waals surface area contributed by atoms with Crippen LogP contribution in [0.4, 0.5) is 5.88 Å². The van der Waals surface area contributed by atoms with Crippen LogP contribution >= 0.6 is 7.82 Å². The fourth-order valence-corrected chi connectivity index (χ4v) is 3.54. The second-order valence-corrected chi connectivity index (χ2v) is 9.20. The summed E-state index contributed by atoms with van der Waals surface area (Å²) in [6.07, 6.45) is 4.95. The zero-order valence-corrected chi connectivity index (χ0v) is 22.2. The minimum Gasteiger partial charge on any atom is -0.401 e. The van der Waals surface area contributed by atoms with E-state index in [0.29, 0.717) is 22.5 Å². The molecule has 0 bridgehead atoms. The molecule has 0 radical (unpaired) electrons. The molecule has 0 atom stereocenters. The molecule has 2 aromatic heterocycles. The molecule has 0 aliphatic rings. The number of aromatic nitrogens is 1. The molecule has 1 amide bonds. The van der Waals surface area contributed by atoms with E-state index in [0.717, 1.165) is 43.6 Å². The van der Waals surface area contributed by atoms with Crippen molar-refractivity contribution in [3.8, 4) is 0 Å². The van der Waals surface area contributed by atoms with Gasteiger partial charge in [-0.1, -0.05) is 32.0 Å². The number of hydrogen-bond donors (Lipinski definition) is 3. The number of benzene rings is 1. The molecular weight excluding hydrogens is 515 g/mol. The first-order valence-electron chi connectivity index (χ1n) is 11.8. The van der Waals surface area contributed by atoms with Gasteiger partial charge >= 0.3 is 13.7 Å². The van der Waals surface area contributed by atoms with Crippen LogP contribution < -0.4 is 0 Å². The smallest absolute Gasteiger partial charge is 0.401 e. The molecule has 13 heteroatoms. The number of pyridine rings is 1. The Morgan fingerprint density at radius 3 is 2.42 bits per heavy atom. The van der Waals surface area contributed by atoms with Crippen molar-refractivity contribution in [3.05, 3.63) is 69.6 Å². The molecule has 0 saturated heterocycles. The lowest BCUT2D eigenvalue weighted by molar-refractivity contribution is -0.402. The average molecular weight is 547 g/mol. The van der Waals surface area contributed by atoms with Crippen LogP contribution in [0.2, 0.25) is 0 Å². The Morgan fingerprint density at radius 2 is 1.82 bits per heavy atom. The third-order valence-electron chi connectivity index (χ3n) is 5.38. The maximum Gasteiger partial charge on any atom is 0.466 e. The number of carbonyl (C=O) groups is 1. The Hall–Kier alpha value is -3.54. The molecular formula is C25H31N4O8P. The minimum atomic E-state index is -4.64. The molecule has 0 saturated carbocycles. The highest BCUT2D eigenvalue weighted by molar-refractivity contribution is 7.45. The predicted octanol–water partition coefficient (Wildman–Crippen LogP) is 4.70. The Balaban J connectivity index is 0.000000926. The van der Waals surface area contributed by atoms with Crippen molar-refractivity contribution in [2.24, 2.45) is 4.99 Å². The van der Waals surface area contributed by atoms with Gasteiger partial charge in [0.2, 0.25) is 0 Å². The summed E-state index contributed by atoms with van der Waals surface area (Å²) in [6.45, 7) is 9.16. The minimum absolute atomic E-state index is 0.308. The number of carbonyl (C=O) groups excluding carboxylic acids is 1. The largest absolute Gasteiger partial charge is 0.466 e. The quantitative estimate of drug-likeness (QED) is 0.140. The first-order chi connectivity index (χ1) is 17.9. The lowest BCUT2D eigenvalue weighted by Gasteiger charge is -2.17. The second-order valence-electron chi connectivity index (χ2n) is 8.17. The van der Waals surface area contributed by atoms with E-state index in [1.54, 1.807) is 18.2 Å². The summed E-state index contributed by atoms with van der Waals surface area (Å²) in [7, 11) is -4.64. The van der Waals surface area contributed by atoms with E-state index in [1.807, 2.05) is 31.2 Å². The summed E-state index contributed by atoms with van der Waals surface area (Å²) in [5, 5.41) is 11.5. The molecule has 2 heterocycles. The SMILES string of the molecule is CCN(CC)CCCC(C)=NC(=O)c1cc(/C=C/c2ccc([N+](=O)[O-])o2)nc2ccccc12.O=P(O)(O)O. The number of furan rings is 1. The van der Waals surface area contributed by atoms with Crippen LogP contribution in [0.25, 0.3) is 23.1 Å². The maximum absolute atomic E-state index is 13.0. The van der Waals surface area contributed by atoms with Gasteiger partial charge in [-0.3, -0.25) is 14.9 Å². The second kappa shape index (κ2) is 14.4. The van der Waals surface area contributed by atoms with Gasteiger partial charge in [-0.2, -0.15) is 0 Å². The lowest BCUT2D eigenvalue weighted by Crippen LogP contribution is -2.24. The van der Waals surface area contributed by atoms with Gasteiger partial charge in [0.05, 0.1) is 22.8 Å². The topological polar surface area (TPSA) is 180 Å². The summed E-state index contributed by atoms with van der Waals surface area (Å²) < 4.78 is 14.0. The van der Waals surface area contributed by atoms with Gasteiger partial charge in [-0.15, -0.1) is 0 Å². The van der Waals surface area contributed by atoms with Crippen LogP contribution in [0.3, 0.4) is 0 Å². The zero-order chi connectivity index (χ0) is 28.3. The molecule has 0 aliphatic heterocycles. The molecule has 0 unspecified atom stereocenters. The highest BCUT2D eigenvalue weighted by atomic mass is 31.2. The number of nitro groups is 1. The monoisotopic (exact) mass is 546 g/mol. The fourth-order valence-electron chi connectivity index (χ4n) is 3.54. The van der Waals surface area contributed by atoms with Gasteiger partial charge in [-0.25, -0.2) is 14.5 Å². The third kappa shape index (κ3) is 10.4. The van der Waals surface area contributed by atoms with Crippen LogP contribution in [-0.4, -0.2) is 60.7 Å². The number of hydrogen-bond acceptors (Lipinski definition) is 7. The maximum atomic E-state index is 13.0. The first-order valence-corrected chi connectivity index (χ1v) is 13.4. The number of para-hydroxylation sites is 1. The van der Waals surface area contributed by atoms with Gasteiger partial charge < -0.3 is 24.0 Å². The normalized spacial score (nSPS) is 12.1. The molecule has 1 aromatic carbocycles. The summed E-state index contributed by atoms with van der Waals surface area (Å²) in [4.78, 5) is 56.1. The first kappa shape index (κ1) is 30.7. The van der Waals surface area contributed by atoms with Crippen molar-refractivity contribution >= 4 is 48.4 Å². The van der Waals surface area contributed by atoms with E-state index < -0.39 is 12.7 Å². The molecule has 3 N–H and O–H groups in total. The standard InChI is InChI=1S/C25H28N4O4.H3O4P/c1-4-28(5-2)16-8-9-18(3)26-25(30)22-17-19(27-23-11-7-6-10-21(22)23)12-13-20-14-15-24(33-20)29(31)32;1-5(2,3)4/h6-7,10-15,17H,4-5,8-9,16H2,1-3H3;(H3,1,2,3,4)/b13-12+,26-18?;. The molecule has 3 aromatic rings. The molecule has 38 heavy (non-hydrogen) atoms. The van der Waals surface area contributed by atoms with Crippen molar-refractivity contribution in [1.82, 2.24) is 9.88 Å². The van der Waals surface area contributed by atoms with Crippen molar-refractivity contribution in [1.29, 1.82) is 0 Å². The number of phosphoric acid groups is 1. The van der Waals surface area contributed by atoms with Crippen LogP contribution in [0.1, 0.15) is 55.4 Å². The summed E-state index contributed by atoms with van der Waals surface area (Å²) >= 11 is 0. The molecule has 12 nitrogen and oxygen atoms in total. The highest BCUT2D eigenvalue weighted by Crippen LogP contribution is 2.26. The summed E-state index contributed by atoms with van der Waals surface area (Å²) in [5.41, 5.74) is 2.47. The molecule has 3 rings (SSSR count). The van der Waals surface area contributed by atoms with Crippen molar-refractivity contribution < 1.29 is 33.4 Å². The lowest BCUT2D eigenvalue weighted by atomic mass is 10.1. The van der Waals surface area contributed by atoms with Crippen molar-refractivity contribution in [3.63, 3.8) is 0 Å². The number of rotatable bonds is 10. The number of fused-ring (bicyclic) bond motifs is 1. The Kier molecular flexibility index (Phi) is 11.6. The van der Waals surface area contributed by atoms with E-state index in [2.05, 4.69) is 28.7 Å². The molecule has 0 spiro atoms. The van der Waals surface area contributed by atoms with Gasteiger partial charge in [-0.05, 0) is 69.8 Å². The van der Waals surface area contributed by atoms with Gasteiger partial charge in [0.25, 0.3) is 5.91 Å². The van der Waals surface area contributed by atoms with E-state index in [9.17, 15) is 14.9 Å². The summed E-state index contributed by atoms with van der Waals surface area (Å²) in [5.74, 6) is -0.313. The van der Waals surface area contributed by atoms with E-state index in [-0.39, 0.29) is 11.8 Å². The van der Waals surface area contributed by atoms with Crippen LogP contribution in [-0.2, 0) is 4.57 Å². The molecule has 0 fully saturated rings. The van der Waals surface area contributed by atoms with E-state index in [1.165, 1.54) is 12.1 Å².